The fraction of sp³-hybridized carbons (Fsp3) is 0.571. The SMILES string of the molecule is COc1ccc(CCO[C@@H]2O[C@H](CO[C@@H]3OC[C@@H](O)[C@H](O)[C@H]3O)[C@@H](OC(=O)/C=C/c3ccc(O)c(O)c3)[C@H](O[C@H]3O[C@@H](C)[C@H](O)[C@@H](O)[C@H]3O)[C@H]2O)cc1O. The molecule has 3 saturated heterocycles. The molecule has 2 aromatic rings. The highest BCUT2D eigenvalue weighted by molar-refractivity contribution is 5.87. The number of benzene rings is 2. The molecule has 0 saturated carbocycles. The molecule has 0 amide bonds. The molecule has 19 nitrogen and oxygen atoms in total. The second-order valence-corrected chi connectivity index (χ2v) is 13.0. The van der Waals surface area contributed by atoms with Crippen molar-refractivity contribution < 1.29 is 93.8 Å². The first-order valence-corrected chi connectivity index (χ1v) is 17.0. The van der Waals surface area contributed by atoms with E-state index < -0.39 is 117 Å². The largest absolute Gasteiger partial charge is 0.504 e. The van der Waals surface area contributed by atoms with Crippen molar-refractivity contribution in [1.29, 1.82) is 0 Å². The molecule has 2 aromatic carbocycles. The quantitative estimate of drug-likeness (QED) is 0.0585. The van der Waals surface area contributed by atoms with E-state index in [2.05, 4.69) is 0 Å². The molecule has 0 unspecified atom stereocenters. The number of aliphatic hydroxyl groups excluding tert-OH is 7. The molecule has 0 aliphatic carbocycles. The fourth-order valence-corrected chi connectivity index (χ4v) is 6.03. The van der Waals surface area contributed by atoms with Gasteiger partial charge in [-0.3, -0.25) is 0 Å². The van der Waals surface area contributed by atoms with Gasteiger partial charge in [-0.2, -0.15) is 0 Å². The zero-order valence-corrected chi connectivity index (χ0v) is 29.2. The number of aliphatic hydroxyl groups is 7. The summed E-state index contributed by atoms with van der Waals surface area (Å²) in [5.74, 6) is -1.75. The lowest BCUT2D eigenvalue weighted by atomic mass is 9.96. The topological polar surface area (TPSA) is 293 Å². The van der Waals surface area contributed by atoms with Crippen LogP contribution in [0.15, 0.2) is 42.5 Å². The Morgan fingerprint density at radius 1 is 0.778 bits per heavy atom. The summed E-state index contributed by atoms with van der Waals surface area (Å²) in [6.07, 6.45) is -19.8. The van der Waals surface area contributed by atoms with Crippen LogP contribution >= 0.6 is 0 Å². The van der Waals surface area contributed by atoms with E-state index in [0.717, 1.165) is 6.08 Å². The van der Waals surface area contributed by atoms with Crippen LogP contribution in [0, 0.1) is 0 Å². The number of ether oxygens (including phenoxy) is 8. The van der Waals surface area contributed by atoms with Crippen LogP contribution in [0.25, 0.3) is 6.08 Å². The summed E-state index contributed by atoms with van der Waals surface area (Å²) in [5, 5.41) is 103. The van der Waals surface area contributed by atoms with Gasteiger partial charge in [0.25, 0.3) is 0 Å². The maximum absolute atomic E-state index is 13.3. The van der Waals surface area contributed by atoms with Crippen molar-refractivity contribution in [2.45, 2.75) is 99.4 Å². The van der Waals surface area contributed by atoms with Gasteiger partial charge in [0.1, 0.15) is 54.9 Å². The standard InChI is InChI=1S/C35H46O19/c1-15-25(41)27(43)29(45)35(51-15)54-32-30(46)34(48-10-9-17-4-7-22(47-2)20(38)12-17)52-23(14-50-33-28(44)26(42)21(39)13-49-33)31(32)53-24(40)8-5-16-3-6-18(36)19(37)11-16/h3-8,11-12,15,21,23,25-39,41-46H,9-10,13-14H2,1-2H3/b8-5+/t15-,21+,23+,25-,26-,27+,28+,29+,30+,31+,32+,33-,34+,35+/m0/s1. The molecule has 3 heterocycles. The Labute approximate surface area is 308 Å². The molecule has 0 aromatic heterocycles. The molecule has 10 N–H and O–H groups in total. The molecular formula is C35H46O19. The van der Waals surface area contributed by atoms with Gasteiger partial charge in [0.15, 0.2) is 48.0 Å². The van der Waals surface area contributed by atoms with Gasteiger partial charge in [0.2, 0.25) is 0 Å². The van der Waals surface area contributed by atoms with E-state index >= 15 is 0 Å². The van der Waals surface area contributed by atoms with Crippen molar-refractivity contribution in [3.05, 3.63) is 53.6 Å². The van der Waals surface area contributed by atoms with Gasteiger partial charge in [0, 0.05) is 6.08 Å². The highest BCUT2D eigenvalue weighted by Crippen LogP contribution is 2.33. The minimum atomic E-state index is -1.85. The van der Waals surface area contributed by atoms with Crippen molar-refractivity contribution in [2.75, 3.05) is 26.9 Å². The van der Waals surface area contributed by atoms with Crippen LogP contribution in [0.4, 0.5) is 0 Å². The Morgan fingerprint density at radius 2 is 1.52 bits per heavy atom. The summed E-state index contributed by atoms with van der Waals surface area (Å²) in [6, 6.07) is 8.44. The summed E-state index contributed by atoms with van der Waals surface area (Å²) in [4.78, 5) is 13.3. The number of rotatable bonds is 13. The van der Waals surface area contributed by atoms with Crippen LogP contribution < -0.4 is 4.74 Å². The zero-order chi connectivity index (χ0) is 39.3. The number of methoxy groups -OCH3 is 1. The van der Waals surface area contributed by atoms with E-state index in [4.69, 9.17) is 37.9 Å². The van der Waals surface area contributed by atoms with Gasteiger partial charge < -0.3 is 89.0 Å². The number of carbonyl (C=O) groups excluding carboxylic acids is 1. The first kappa shape index (κ1) is 41.5. The van der Waals surface area contributed by atoms with E-state index in [-0.39, 0.29) is 30.1 Å². The van der Waals surface area contributed by atoms with Crippen molar-refractivity contribution in [3.63, 3.8) is 0 Å². The van der Waals surface area contributed by atoms with Crippen molar-refractivity contribution >= 4 is 12.0 Å². The number of phenols is 3. The van der Waals surface area contributed by atoms with Crippen molar-refractivity contribution in [2.24, 2.45) is 0 Å². The smallest absolute Gasteiger partial charge is 0.331 e. The van der Waals surface area contributed by atoms with Crippen LogP contribution in [0.3, 0.4) is 0 Å². The number of hydrogen-bond acceptors (Lipinski definition) is 19. The molecule has 0 radical (unpaired) electrons. The van der Waals surface area contributed by atoms with Crippen LogP contribution in [0.1, 0.15) is 18.1 Å². The Hall–Kier alpha value is -3.67. The summed E-state index contributed by atoms with van der Waals surface area (Å²) in [5.41, 5.74) is 0.911. The van der Waals surface area contributed by atoms with Crippen LogP contribution in [0.2, 0.25) is 0 Å². The molecule has 3 aliphatic rings. The minimum Gasteiger partial charge on any atom is -0.504 e. The summed E-state index contributed by atoms with van der Waals surface area (Å²) in [6.45, 7) is 0.313. The van der Waals surface area contributed by atoms with E-state index in [0.29, 0.717) is 5.56 Å². The maximum Gasteiger partial charge on any atom is 0.331 e. The average Bonchev–Trinajstić information content (AvgIpc) is 3.14. The van der Waals surface area contributed by atoms with Crippen LogP contribution in [-0.2, 0) is 44.4 Å². The lowest BCUT2D eigenvalue weighted by Gasteiger charge is -2.47. The molecule has 5 rings (SSSR count). The third-order valence-corrected chi connectivity index (χ3v) is 9.17. The number of esters is 1. The number of hydrogen-bond donors (Lipinski definition) is 10. The molecule has 3 fully saturated rings. The third-order valence-electron chi connectivity index (χ3n) is 9.17. The number of aromatic hydroxyl groups is 3. The maximum atomic E-state index is 13.3. The summed E-state index contributed by atoms with van der Waals surface area (Å²) < 4.78 is 45.3. The van der Waals surface area contributed by atoms with E-state index in [9.17, 15) is 55.9 Å². The van der Waals surface area contributed by atoms with Gasteiger partial charge in [-0.05, 0) is 54.8 Å². The van der Waals surface area contributed by atoms with Gasteiger partial charge in [-0.15, -0.1) is 0 Å². The molecule has 300 valence electrons. The third kappa shape index (κ3) is 9.76. The molecular weight excluding hydrogens is 724 g/mol. The fourth-order valence-electron chi connectivity index (χ4n) is 6.03. The monoisotopic (exact) mass is 770 g/mol. The molecule has 54 heavy (non-hydrogen) atoms. The summed E-state index contributed by atoms with van der Waals surface area (Å²) in [7, 11) is 1.40. The van der Waals surface area contributed by atoms with Gasteiger partial charge in [-0.25, -0.2) is 4.79 Å². The number of phenolic OH excluding ortho intramolecular Hbond substituents is 3. The highest BCUT2D eigenvalue weighted by Gasteiger charge is 2.53. The Bertz CT molecular complexity index is 1570. The molecule has 14 atom stereocenters. The molecule has 0 spiro atoms. The first-order chi connectivity index (χ1) is 25.7. The Morgan fingerprint density at radius 3 is 2.22 bits per heavy atom. The van der Waals surface area contributed by atoms with Gasteiger partial charge >= 0.3 is 5.97 Å². The normalized spacial score (nSPS) is 35.9. The predicted molar refractivity (Wildman–Crippen MR) is 179 cm³/mol. The highest BCUT2D eigenvalue weighted by atomic mass is 16.8. The van der Waals surface area contributed by atoms with Crippen molar-refractivity contribution in [1.82, 2.24) is 0 Å². The summed E-state index contributed by atoms with van der Waals surface area (Å²) >= 11 is 0. The van der Waals surface area contributed by atoms with Crippen LogP contribution in [-0.4, -0.2) is 170 Å². The number of carbonyl (C=O) groups is 1. The molecule has 0 bridgehead atoms. The predicted octanol–water partition coefficient (Wildman–Crippen LogP) is -2.25. The average molecular weight is 771 g/mol. The lowest BCUT2D eigenvalue weighted by molar-refractivity contribution is -0.362. The van der Waals surface area contributed by atoms with Gasteiger partial charge in [0.05, 0.1) is 33.0 Å². The second-order valence-electron chi connectivity index (χ2n) is 13.0. The van der Waals surface area contributed by atoms with E-state index in [1.165, 1.54) is 44.4 Å². The minimum absolute atomic E-state index is 0.112. The molecule has 3 aliphatic heterocycles. The zero-order valence-electron chi connectivity index (χ0n) is 29.2. The van der Waals surface area contributed by atoms with Crippen LogP contribution in [0.5, 0.6) is 23.0 Å². The van der Waals surface area contributed by atoms with Gasteiger partial charge in [-0.1, -0.05) is 12.1 Å². The van der Waals surface area contributed by atoms with E-state index in [1.54, 1.807) is 12.1 Å². The second kappa shape index (κ2) is 18.3. The Kier molecular flexibility index (Phi) is 14.1. The van der Waals surface area contributed by atoms with Crippen molar-refractivity contribution in [3.8, 4) is 23.0 Å². The Balaban J connectivity index is 1.41. The van der Waals surface area contributed by atoms with E-state index in [1.807, 2.05) is 0 Å². The molecule has 19 heteroatoms. The first-order valence-electron chi connectivity index (χ1n) is 17.0. The lowest BCUT2D eigenvalue weighted by Crippen LogP contribution is -2.65.